The molecule has 0 radical (unpaired) electrons. The van der Waals surface area contributed by atoms with Crippen molar-refractivity contribution in [2.45, 2.75) is 43.5 Å². The lowest BCUT2D eigenvalue weighted by Gasteiger charge is -2.25. The third-order valence-corrected chi connectivity index (χ3v) is 5.78. The summed E-state index contributed by atoms with van der Waals surface area (Å²) in [4.78, 5) is 6.61. The Morgan fingerprint density at radius 2 is 2.29 bits per heavy atom. The number of hydrogen-bond donors (Lipinski definition) is 2. The monoisotopic (exact) mass is 352 g/mol. The van der Waals surface area contributed by atoms with Crippen molar-refractivity contribution in [1.29, 1.82) is 0 Å². The molecule has 24 heavy (non-hydrogen) atoms. The minimum atomic E-state index is 0.268. The van der Waals surface area contributed by atoms with Gasteiger partial charge < -0.3 is 15.5 Å². The van der Waals surface area contributed by atoms with E-state index in [4.69, 9.17) is 0 Å². The van der Waals surface area contributed by atoms with Gasteiger partial charge in [0.05, 0.1) is 12.2 Å². The van der Waals surface area contributed by atoms with Crippen LogP contribution in [0.1, 0.15) is 37.8 Å². The minimum absolute atomic E-state index is 0.268. The molecule has 0 aliphatic heterocycles. The molecule has 3 unspecified atom stereocenters. The fraction of sp³-hybridized carbons (Fsp3) is 0.765. The van der Waals surface area contributed by atoms with Crippen LogP contribution in [0.2, 0.25) is 0 Å². The molecule has 1 saturated carbocycles. The molecule has 0 spiro atoms. The lowest BCUT2D eigenvalue weighted by molar-refractivity contribution is 0.298. The predicted molar refractivity (Wildman–Crippen MR) is 104 cm³/mol. The zero-order chi connectivity index (χ0) is 17.5. The van der Waals surface area contributed by atoms with E-state index >= 15 is 0 Å². The highest BCUT2D eigenvalue weighted by Gasteiger charge is 2.25. The van der Waals surface area contributed by atoms with E-state index in [1.807, 2.05) is 25.0 Å². The number of likely N-dealkylation sites (N-methyl/N-ethyl adjacent to an activating group) is 1. The van der Waals surface area contributed by atoms with Crippen molar-refractivity contribution in [2.75, 3.05) is 33.4 Å². The van der Waals surface area contributed by atoms with E-state index < -0.39 is 0 Å². The molecule has 6 nitrogen and oxygen atoms in total. The number of aromatic nitrogens is 2. The number of nitrogens with zero attached hydrogens (tertiary/aromatic N) is 4. The van der Waals surface area contributed by atoms with Gasteiger partial charge in [-0.3, -0.25) is 9.67 Å². The second kappa shape index (κ2) is 9.32. The highest BCUT2D eigenvalue weighted by atomic mass is 32.2. The van der Waals surface area contributed by atoms with Crippen molar-refractivity contribution in [3.63, 3.8) is 0 Å². The fourth-order valence-corrected chi connectivity index (χ4v) is 4.39. The van der Waals surface area contributed by atoms with Crippen LogP contribution in [0.15, 0.2) is 17.4 Å². The van der Waals surface area contributed by atoms with E-state index in [-0.39, 0.29) is 6.04 Å². The lowest BCUT2D eigenvalue weighted by Crippen LogP contribution is -2.45. The van der Waals surface area contributed by atoms with Gasteiger partial charge in [-0.2, -0.15) is 16.9 Å². The van der Waals surface area contributed by atoms with Crippen LogP contribution < -0.4 is 10.6 Å². The first-order valence-corrected chi connectivity index (χ1v) is 9.82. The van der Waals surface area contributed by atoms with Crippen LogP contribution in [0.3, 0.4) is 0 Å². The number of guanidine groups is 1. The first-order valence-electron chi connectivity index (χ1n) is 8.77. The average Bonchev–Trinajstić information content (AvgIpc) is 3.16. The zero-order valence-corrected chi connectivity index (χ0v) is 16.4. The van der Waals surface area contributed by atoms with Gasteiger partial charge in [-0.25, -0.2) is 0 Å². The maximum atomic E-state index is 4.40. The van der Waals surface area contributed by atoms with Gasteiger partial charge in [-0.05, 0) is 39.1 Å². The molecule has 1 aromatic rings. The first-order chi connectivity index (χ1) is 11.5. The maximum Gasteiger partial charge on any atom is 0.191 e. The Morgan fingerprint density at radius 3 is 2.88 bits per heavy atom. The number of thioether (sulfide) groups is 1. The molecule has 0 saturated heterocycles. The highest BCUT2D eigenvalue weighted by Crippen LogP contribution is 2.29. The topological polar surface area (TPSA) is 57.5 Å². The Balaban J connectivity index is 1.86. The molecule has 1 aliphatic carbocycles. The van der Waals surface area contributed by atoms with Crippen LogP contribution >= 0.6 is 11.8 Å². The van der Waals surface area contributed by atoms with Crippen LogP contribution in [-0.4, -0.2) is 65.4 Å². The lowest BCUT2D eigenvalue weighted by atomic mass is 10.1. The van der Waals surface area contributed by atoms with Gasteiger partial charge in [-0.15, -0.1) is 0 Å². The van der Waals surface area contributed by atoms with Crippen LogP contribution in [0.5, 0.6) is 0 Å². The summed E-state index contributed by atoms with van der Waals surface area (Å²) in [7, 11) is 7.99. The van der Waals surface area contributed by atoms with Crippen molar-refractivity contribution in [1.82, 2.24) is 25.3 Å². The average molecular weight is 353 g/mol. The van der Waals surface area contributed by atoms with Crippen molar-refractivity contribution >= 4 is 17.7 Å². The normalized spacial score (nSPS) is 22.8. The van der Waals surface area contributed by atoms with Crippen molar-refractivity contribution in [3.8, 4) is 0 Å². The molecule has 0 aromatic carbocycles. The van der Waals surface area contributed by atoms with E-state index in [1.165, 1.54) is 30.6 Å². The van der Waals surface area contributed by atoms with E-state index in [1.54, 1.807) is 0 Å². The van der Waals surface area contributed by atoms with Crippen molar-refractivity contribution in [3.05, 3.63) is 18.0 Å². The predicted octanol–water partition coefficient (Wildman–Crippen LogP) is 1.86. The van der Waals surface area contributed by atoms with E-state index in [0.717, 1.165) is 17.8 Å². The van der Waals surface area contributed by atoms with Gasteiger partial charge in [0.2, 0.25) is 0 Å². The quantitative estimate of drug-likeness (QED) is 0.579. The second-order valence-electron chi connectivity index (χ2n) is 6.61. The largest absolute Gasteiger partial charge is 0.354 e. The molecule has 0 bridgehead atoms. The van der Waals surface area contributed by atoms with Gasteiger partial charge in [0, 0.05) is 43.7 Å². The van der Waals surface area contributed by atoms with E-state index in [9.17, 15) is 0 Å². The number of aryl methyl sites for hydroxylation is 1. The molecule has 2 rings (SSSR count). The second-order valence-corrected chi connectivity index (χ2v) is 8.19. The third kappa shape index (κ3) is 5.41. The van der Waals surface area contributed by atoms with Gasteiger partial charge in [0.1, 0.15) is 0 Å². The Kier molecular flexibility index (Phi) is 7.42. The molecule has 1 aliphatic rings. The minimum Gasteiger partial charge on any atom is -0.354 e. The fourth-order valence-electron chi connectivity index (χ4n) is 3.25. The standard InChI is InChI=1S/C17H32N6S/c1-6-24-15-8-7-14(9-15)21-17(18-2)19-11-16(22(3)4)13-10-20-23(5)12-13/h10,12,14-16H,6-9,11H2,1-5H3,(H2,18,19,21). The number of aliphatic imine (C=N–C) groups is 1. The van der Waals surface area contributed by atoms with Gasteiger partial charge >= 0.3 is 0 Å². The molecule has 1 aromatic heterocycles. The summed E-state index contributed by atoms with van der Waals surface area (Å²) < 4.78 is 1.85. The zero-order valence-electron chi connectivity index (χ0n) is 15.6. The first kappa shape index (κ1) is 19.1. The molecule has 2 N–H and O–H groups in total. The SMILES string of the molecule is CCSC1CCC(NC(=NC)NCC(c2cnn(C)c2)N(C)C)C1. The highest BCUT2D eigenvalue weighted by molar-refractivity contribution is 7.99. The third-order valence-electron chi connectivity index (χ3n) is 4.55. The Morgan fingerprint density at radius 1 is 1.50 bits per heavy atom. The molecule has 1 fully saturated rings. The summed E-state index contributed by atoms with van der Waals surface area (Å²) >= 11 is 2.08. The van der Waals surface area contributed by atoms with Gasteiger partial charge in [-0.1, -0.05) is 6.92 Å². The summed E-state index contributed by atoms with van der Waals surface area (Å²) in [6.45, 7) is 3.05. The summed E-state index contributed by atoms with van der Waals surface area (Å²) in [5.41, 5.74) is 1.21. The number of rotatable bonds is 7. The van der Waals surface area contributed by atoms with Gasteiger partial charge in [0.15, 0.2) is 5.96 Å². The van der Waals surface area contributed by atoms with Crippen molar-refractivity contribution < 1.29 is 0 Å². The smallest absolute Gasteiger partial charge is 0.191 e. The Labute approximate surface area is 150 Å². The molecular formula is C17H32N6S. The van der Waals surface area contributed by atoms with E-state index in [0.29, 0.717) is 6.04 Å². The number of nitrogens with one attached hydrogen (secondary N) is 2. The molecule has 0 amide bonds. The molecule has 7 heteroatoms. The Hall–Kier alpha value is -1.21. The molecular weight excluding hydrogens is 320 g/mol. The van der Waals surface area contributed by atoms with Crippen LogP contribution in [0.4, 0.5) is 0 Å². The summed E-state index contributed by atoms with van der Waals surface area (Å²) in [6, 6.07) is 0.806. The maximum absolute atomic E-state index is 4.40. The number of hydrogen-bond acceptors (Lipinski definition) is 4. The van der Waals surface area contributed by atoms with Crippen LogP contribution in [0, 0.1) is 0 Å². The Bertz CT molecular complexity index is 527. The molecule has 1 heterocycles. The summed E-state index contributed by atoms with van der Waals surface area (Å²) in [6.07, 6.45) is 7.79. The molecule has 136 valence electrons. The summed E-state index contributed by atoms with van der Waals surface area (Å²) in [5, 5.41) is 12.2. The van der Waals surface area contributed by atoms with Crippen molar-refractivity contribution in [2.24, 2.45) is 12.0 Å². The van der Waals surface area contributed by atoms with Gasteiger partial charge in [0.25, 0.3) is 0 Å². The van der Waals surface area contributed by atoms with Crippen LogP contribution in [0.25, 0.3) is 0 Å². The molecule has 3 atom stereocenters. The van der Waals surface area contributed by atoms with E-state index in [2.05, 4.69) is 64.6 Å². The van der Waals surface area contributed by atoms with Crippen LogP contribution in [-0.2, 0) is 7.05 Å². The summed E-state index contributed by atoms with van der Waals surface area (Å²) in [5.74, 6) is 2.11.